The molecule has 0 spiro atoms. The highest BCUT2D eigenvalue weighted by Crippen LogP contribution is 2.18. The summed E-state index contributed by atoms with van der Waals surface area (Å²) < 4.78 is 10.4. The highest BCUT2D eigenvalue weighted by Gasteiger charge is 2.00. The topological polar surface area (TPSA) is 47.6 Å². The van der Waals surface area contributed by atoms with Gasteiger partial charge in [0.2, 0.25) is 5.91 Å². The Morgan fingerprint density at radius 2 is 1.78 bits per heavy atom. The minimum Gasteiger partial charge on any atom is -0.497 e. The summed E-state index contributed by atoms with van der Waals surface area (Å²) in [4.78, 5) is 11.8. The molecule has 0 atom stereocenters. The third kappa shape index (κ3) is 5.18. The number of rotatable bonds is 7. The van der Waals surface area contributed by atoms with Crippen molar-refractivity contribution in [3.63, 3.8) is 0 Å². The smallest absolute Gasteiger partial charge is 0.244 e. The second-order valence-corrected chi connectivity index (χ2v) is 4.96. The van der Waals surface area contributed by atoms with E-state index in [1.807, 2.05) is 48.5 Å². The average molecular weight is 311 g/mol. The number of para-hydroxylation sites is 1. The minimum absolute atomic E-state index is 0.121. The van der Waals surface area contributed by atoms with Crippen LogP contribution in [0.5, 0.6) is 11.5 Å². The molecule has 2 aromatic rings. The lowest BCUT2D eigenvalue weighted by Crippen LogP contribution is -2.23. The fourth-order valence-electron chi connectivity index (χ4n) is 2.15. The third-order valence-corrected chi connectivity index (χ3v) is 3.43. The standard InChI is InChI=1S/C19H21NO3/c1-22-17-10-7-15(8-11-17)13-14-20-19(21)12-9-16-5-3-4-6-18(16)23-2/h3-12H,13-14H2,1-2H3,(H,20,21). The van der Waals surface area contributed by atoms with E-state index in [0.717, 1.165) is 29.0 Å². The first-order valence-corrected chi connectivity index (χ1v) is 7.45. The van der Waals surface area contributed by atoms with Crippen molar-refractivity contribution in [2.75, 3.05) is 20.8 Å². The molecule has 0 bridgehead atoms. The van der Waals surface area contributed by atoms with E-state index in [9.17, 15) is 4.79 Å². The first-order chi connectivity index (χ1) is 11.2. The fraction of sp³-hybridized carbons (Fsp3) is 0.211. The van der Waals surface area contributed by atoms with Crippen molar-refractivity contribution in [1.82, 2.24) is 5.32 Å². The predicted molar refractivity (Wildman–Crippen MR) is 91.7 cm³/mol. The molecule has 1 N–H and O–H groups in total. The van der Waals surface area contributed by atoms with Crippen molar-refractivity contribution in [3.05, 3.63) is 65.7 Å². The molecule has 0 aliphatic heterocycles. The van der Waals surface area contributed by atoms with Crippen LogP contribution < -0.4 is 14.8 Å². The SMILES string of the molecule is COc1ccc(CCNC(=O)C=Cc2ccccc2OC)cc1. The maximum Gasteiger partial charge on any atom is 0.244 e. The predicted octanol–water partition coefficient (Wildman–Crippen LogP) is 3.08. The van der Waals surface area contributed by atoms with Crippen LogP contribution in [0.3, 0.4) is 0 Å². The summed E-state index contributed by atoms with van der Waals surface area (Å²) in [7, 11) is 3.25. The van der Waals surface area contributed by atoms with Crippen LogP contribution in [0.15, 0.2) is 54.6 Å². The minimum atomic E-state index is -0.121. The van der Waals surface area contributed by atoms with Crippen molar-refractivity contribution < 1.29 is 14.3 Å². The summed E-state index contributed by atoms with van der Waals surface area (Å²) in [5, 5.41) is 2.87. The lowest BCUT2D eigenvalue weighted by Gasteiger charge is -2.05. The number of hydrogen-bond donors (Lipinski definition) is 1. The number of methoxy groups -OCH3 is 2. The lowest BCUT2D eigenvalue weighted by atomic mass is 10.1. The normalized spacial score (nSPS) is 10.5. The zero-order valence-electron chi connectivity index (χ0n) is 13.4. The molecule has 0 fully saturated rings. The monoisotopic (exact) mass is 311 g/mol. The van der Waals surface area contributed by atoms with Gasteiger partial charge in [-0.25, -0.2) is 0 Å². The van der Waals surface area contributed by atoms with Gasteiger partial charge in [-0.15, -0.1) is 0 Å². The quantitative estimate of drug-likeness (QED) is 0.799. The first-order valence-electron chi connectivity index (χ1n) is 7.45. The van der Waals surface area contributed by atoms with Crippen molar-refractivity contribution in [2.45, 2.75) is 6.42 Å². The van der Waals surface area contributed by atoms with Gasteiger partial charge >= 0.3 is 0 Å². The molecule has 0 heterocycles. The van der Waals surface area contributed by atoms with Gasteiger partial charge in [0, 0.05) is 18.2 Å². The first kappa shape index (κ1) is 16.6. The summed E-state index contributed by atoms with van der Waals surface area (Å²) in [5.74, 6) is 1.46. The molecule has 120 valence electrons. The Bertz CT molecular complexity index is 663. The molecule has 0 saturated carbocycles. The van der Waals surface area contributed by atoms with E-state index in [1.54, 1.807) is 20.3 Å². The van der Waals surface area contributed by atoms with Gasteiger partial charge in [0.25, 0.3) is 0 Å². The molecule has 23 heavy (non-hydrogen) atoms. The van der Waals surface area contributed by atoms with Crippen LogP contribution >= 0.6 is 0 Å². The van der Waals surface area contributed by atoms with Crippen LogP contribution in [0.1, 0.15) is 11.1 Å². The summed E-state index contributed by atoms with van der Waals surface area (Å²) in [6.45, 7) is 0.585. The van der Waals surface area contributed by atoms with Gasteiger partial charge in [-0.3, -0.25) is 4.79 Å². The maximum absolute atomic E-state index is 11.8. The number of amides is 1. The van der Waals surface area contributed by atoms with Gasteiger partial charge in [-0.2, -0.15) is 0 Å². The van der Waals surface area contributed by atoms with Gasteiger partial charge in [-0.05, 0) is 36.3 Å². The molecule has 1 amide bonds. The van der Waals surface area contributed by atoms with Gasteiger partial charge in [0.15, 0.2) is 0 Å². The van der Waals surface area contributed by atoms with Crippen LogP contribution in [-0.4, -0.2) is 26.7 Å². The largest absolute Gasteiger partial charge is 0.497 e. The van der Waals surface area contributed by atoms with Gasteiger partial charge in [0.05, 0.1) is 14.2 Å². The second kappa shape index (κ2) is 8.63. The Morgan fingerprint density at radius 3 is 2.48 bits per heavy atom. The van der Waals surface area contributed by atoms with Crippen LogP contribution in [0.4, 0.5) is 0 Å². The number of benzene rings is 2. The molecule has 2 aromatic carbocycles. The van der Waals surface area contributed by atoms with Crippen LogP contribution in [0.25, 0.3) is 6.08 Å². The number of carbonyl (C=O) groups is 1. The molecule has 4 heteroatoms. The zero-order valence-corrected chi connectivity index (χ0v) is 13.4. The molecule has 0 aromatic heterocycles. The molecular formula is C19H21NO3. The van der Waals surface area contributed by atoms with Crippen molar-refractivity contribution >= 4 is 12.0 Å². The van der Waals surface area contributed by atoms with Crippen LogP contribution in [0, 0.1) is 0 Å². The van der Waals surface area contributed by atoms with Gasteiger partial charge < -0.3 is 14.8 Å². The number of hydrogen-bond acceptors (Lipinski definition) is 3. The summed E-state index contributed by atoms with van der Waals surface area (Å²) in [6.07, 6.45) is 4.05. The van der Waals surface area contributed by atoms with Gasteiger partial charge in [-0.1, -0.05) is 30.3 Å². The van der Waals surface area contributed by atoms with Crippen LogP contribution in [0.2, 0.25) is 0 Å². The zero-order chi connectivity index (χ0) is 16.5. The Morgan fingerprint density at radius 1 is 1.04 bits per heavy atom. The van der Waals surface area contributed by atoms with E-state index in [1.165, 1.54) is 6.08 Å². The summed E-state index contributed by atoms with van der Waals surface area (Å²) in [5.41, 5.74) is 2.03. The van der Waals surface area contributed by atoms with E-state index in [4.69, 9.17) is 9.47 Å². The fourth-order valence-corrected chi connectivity index (χ4v) is 2.15. The van der Waals surface area contributed by atoms with Crippen molar-refractivity contribution in [2.24, 2.45) is 0 Å². The highest BCUT2D eigenvalue weighted by atomic mass is 16.5. The molecular weight excluding hydrogens is 290 g/mol. The maximum atomic E-state index is 11.8. The number of carbonyl (C=O) groups excluding carboxylic acids is 1. The lowest BCUT2D eigenvalue weighted by molar-refractivity contribution is -0.116. The Balaban J connectivity index is 1.81. The van der Waals surface area contributed by atoms with Crippen molar-refractivity contribution in [1.29, 1.82) is 0 Å². The summed E-state index contributed by atoms with van der Waals surface area (Å²) >= 11 is 0. The van der Waals surface area contributed by atoms with Gasteiger partial charge in [0.1, 0.15) is 11.5 Å². The highest BCUT2D eigenvalue weighted by molar-refractivity contribution is 5.92. The Kier molecular flexibility index (Phi) is 6.24. The van der Waals surface area contributed by atoms with E-state index >= 15 is 0 Å². The number of ether oxygens (including phenoxy) is 2. The molecule has 0 radical (unpaired) electrons. The Labute approximate surface area is 136 Å². The second-order valence-electron chi connectivity index (χ2n) is 4.96. The van der Waals surface area contributed by atoms with E-state index in [-0.39, 0.29) is 5.91 Å². The third-order valence-electron chi connectivity index (χ3n) is 3.43. The number of nitrogens with one attached hydrogen (secondary N) is 1. The van der Waals surface area contributed by atoms with E-state index in [2.05, 4.69) is 5.32 Å². The van der Waals surface area contributed by atoms with Crippen molar-refractivity contribution in [3.8, 4) is 11.5 Å². The molecule has 0 unspecified atom stereocenters. The van der Waals surface area contributed by atoms with Crippen LogP contribution in [-0.2, 0) is 11.2 Å². The van der Waals surface area contributed by atoms with E-state index in [0.29, 0.717) is 6.54 Å². The molecule has 2 rings (SSSR count). The Hall–Kier alpha value is -2.75. The molecule has 0 aliphatic rings. The molecule has 4 nitrogen and oxygen atoms in total. The molecule has 0 aliphatic carbocycles. The average Bonchev–Trinajstić information content (AvgIpc) is 2.60. The van der Waals surface area contributed by atoms with E-state index < -0.39 is 0 Å². The summed E-state index contributed by atoms with van der Waals surface area (Å²) in [6, 6.07) is 15.4. The molecule has 0 saturated heterocycles.